The molecule has 5 nitrogen and oxygen atoms in total. The maximum atomic E-state index is 13.7. The molecule has 2 aromatic carbocycles. The predicted molar refractivity (Wildman–Crippen MR) is 134 cm³/mol. The third-order valence-corrected chi connectivity index (χ3v) is 6.20. The van der Waals surface area contributed by atoms with E-state index in [0.29, 0.717) is 24.2 Å². The first kappa shape index (κ1) is 29.5. The number of amides is 1. The number of aliphatic hydroxyl groups excluding tert-OH is 1. The fraction of sp³-hybridized carbons (Fsp3) is 0.286. The lowest BCUT2D eigenvalue weighted by atomic mass is 9.85. The summed E-state index contributed by atoms with van der Waals surface area (Å²) in [5, 5.41) is 11.8. The molecule has 208 valence electrons. The Hall–Kier alpha value is -4.02. The Morgan fingerprint density at radius 1 is 1.00 bits per heavy atom. The number of anilines is 1. The number of nitrogens with one attached hydrogen (secondary N) is 1. The molecule has 0 radical (unpaired) electrons. The van der Waals surface area contributed by atoms with Crippen LogP contribution in [0, 0.1) is 5.92 Å². The Kier molecular flexibility index (Phi) is 8.93. The quantitative estimate of drug-likeness (QED) is 0.226. The first-order chi connectivity index (χ1) is 18.1. The van der Waals surface area contributed by atoms with Gasteiger partial charge in [0, 0.05) is 24.4 Å². The van der Waals surface area contributed by atoms with Gasteiger partial charge in [-0.25, -0.2) is 0 Å². The number of alkyl halides is 6. The molecule has 0 aliphatic carbocycles. The number of aryl methyl sites for hydroxylation is 1. The molecule has 3 rings (SSSR count). The summed E-state index contributed by atoms with van der Waals surface area (Å²) in [5.41, 5.74) is -0.277. The van der Waals surface area contributed by atoms with Crippen molar-refractivity contribution in [3.8, 4) is 0 Å². The van der Waals surface area contributed by atoms with Crippen LogP contribution in [0.15, 0.2) is 84.0 Å². The average Bonchev–Trinajstić information content (AvgIpc) is 2.84. The number of rotatable bonds is 9. The Morgan fingerprint density at radius 3 is 2.26 bits per heavy atom. The molecule has 1 heterocycles. The fourth-order valence-corrected chi connectivity index (χ4v) is 4.02. The highest BCUT2D eigenvalue weighted by atomic mass is 19.4. The molecule has 0 saturated carbocycles. The van der Waals surface area contributed by atoms with E-state index >= 15 is 0 Å². The molecule has 1 aromatic heterocycles. The summed E-state index contributed by atoms with van der Waals surface area (Å²) in [4.78, 5) is 25.2. The second-order valence-electron chi connectivity index (χ2n) is 9.19. The Bertz CT molecular complexity index is 1380. The summed E-state index contributed by atoms with van der Waals surface area (Å²) in [5.74, 6) is -4.61. The lowest BCUT2D eigenvalue weighted by Crippen LogP contribution is -2.34. The second-order valence-corrected chi connectivity index (χ2v) is 9.19. The highest BCUT2D eigenvalue weighted by molar-refractivity contribution is 5.96. The number of benzene rings is 2. The maximum absolute atomic E-state index is 13.7. The number of hydrogen-bond acceptors (Lipinski definition) is 3. The zero-order chi connectivity index (χ0) is 29.0. The molecule has 0 spiro atoms. The first-order valence-corrected chi connectivity index (χ1v) is 11.8. The molecule has 0 aliphatic heterocycles. The average molecular weight is 553 g/mol. The summed E-state index contributed by atoms with van der Waals surface area (Å²) in [6.07, 6.45) is -7.99. The van der Waals surface area contributed by atoms with Gasteiger partial charge in [0.2, 0.25) is 5.91 Å². The van der Waals surface area contributed by atoms with Gasteiger partial charge in [0.15, 0.2) is 0 Å². The summed E-state index contributed by atoms with van der Waals surface area (Å²) in [6.45, 7) is 4.05. The summed E-state index contributed by atoms with van der Waals surface area (Å²) >= 11 is 0. The number of nitrogens with zero attached hydrogens (tertiary/aromatic N) is 1. The molecule has 2 N–H and O–H groups in total. The topological polar surface area (TPSA) is 71.3 Å². The number of carbonyl (C=O) groups is 1. The van der Waals surface area contributed by atoms with Crippen LogP contribution in [0.25, 0.3) is 0 Å². The van der Waals surface area contributed by atoms with Crippen molar-refractivity contribution >= 4 is 11.6 Å². The first-order valence-electron chi connectivity index (χ1n) is 11.8. The van der Waals surface area contributed by atoms with Gasteiger partial charge in [-0.1, -0.05) is 49.9 Å². The Labute approximate surface area is 220 Å². The van der Waals surface area contributed by atoms with Gasteiger partial charge in [0.05, 0.1) is 29.7 Å². The largest absolute Gasteiger partial charge is 0.513 e. The smallest absolute Gasteiger partial charge is 0.417 e. The van der Waals surface area contributed by atoms with E-state index in [-0.39, 0.29) is 30.0 Å². The monoisotopic (exact) mass is 552 g/mol. The van der Waals surface area contributed by atoms with E-state index in [2.05, 4.69) is 11.9 Å². The van der Waals surface area contributed by atoms with Crippen LogP contribution < -0.4 is 10.9 Å². The zero-order valence-electron chi connectivity index (χ0n) is 20.8. The highest BCUT2D eigenvalue weighted by Crippen LogP contribution is 2.38. The van der Waals surface area contributed by atoms with Gasteiger partial charge in [0.25, 0.3) is 5.56 Å². The molecule has 1 amide bonds. The second kappa shape index (κ2) is 11.8. The van der Waals surface area contributed by atoms with E-state index in [1.54, 1.807) is 18.2 Å². The van der Waals surface area contributed by atoms with Crippen molar-refractivity contribution < 1.29 is 36.2 Å². The highest BCUT2D eigenvalue weighted by Gasteiger charge is 2.45. The number of aliphatic hydroxyl groups is 1. The number of hydrogen-bond donors (Lipinski definition) is 2. The Balaban J connectivity index is 1.86. The van der Waals surface area contributed by atoms with Crippen molar-refractivity contribution in [3.63, 3.8) is 0 Å². The minimum Gasteiger partial charge on any atom is -0.513 e. The molecule has 2 atom stereocenters. The van der Waals surface area contributed by atoms with E-state index in [9.17, 15) is 41.0 Å². The summed E-state index contributed by atoms with van der Waals surface area (Å²) in [6, 6.07) is 13.3. The van der Waals surface area contributed by atoms with Crippen LogP contribution in [0.2, 0.25) is 0 Å². The lowest BCUT2D eigenvalue weighted by Gasteiger charge is -2.26. The minimum atomic E-state index is -4.70. The van der Waals surface area contributed by atoms with Gasteiger partial charge in [-0.15, -0.1) is 0 Å². The molecular formula is C28H26F6N2O3. The van der Waals surface area contributed by atoms with E-state index < -0.39 is 41.2 Å². The summed E-state index contributed by atoms with van der Waals surface area (Å²) in [7, 11) is 0. The van der Waals surface area contributed by atoms with E-state index in [4.69, 9.17) is 0 Å². The number of allylic oxidation sites excluding steroid dienone is 1. The van der Waals surface area contributed by atoms with Crippen molar-refractivity contribution in [1.82, 2.24) is 4.57 Å². The molecule has 39 heavy (non-hydrogen) atoms. The van der Waals surface area contributed by atoms with Crippen LogP contribution in [0.4, 0.5) is 32.0 Å². The molecule has 0 saturated heterocycles. The number of halogens is 6. The van der Waals surface area contributed by atoms with E-state index in [0.717, 1.165) is 23.1 Å². The van der Waals surface area contributed by atoms with Crippen LogP contribution in [-0.2, 0) is 23.9 Å². The van der Waals surface area contributed by atoms with Crippen LogP contribution >= 0.6 is 0 Å². The fourth-order valence-electron chi connectivity index (χ4n) is 4.02. The molecule has 0 unspecified atom stereocenters. The number of carbonyl (C=O) groups excluding carboxylic acids is 1. The van der Waals surface area contributed by atoms with Crippen LogP contribution in [0.5, 0.6) is 0 Å². The van der Waals surface area contributed by atoms with E-state index in [1.165, 1.54) is 30.3 Å². The van der Waals surface area contributed by atoms with Gasteiger partial charge < -0.3 is 15.0 Å². The standard InChI is InChI=1S/C28H26F6N2O3/c1-17(37)6-7-19-4-3-5-23(14-19)35-26(39)25(18(2)27(29,30)31)21-10-8-20(9-11-21)15-36-16-22(28(32,33)34)12-13-24(36)38/h3-5,8-14,16,18,25,37H,1,6-7,15H2,2H3,(H,35,39)/t18-,25+/m1/s1. The normalized spacial score (nSPS) is 13.5. The third-order valence-electron chi connectivity index (χ3n) is 6.20. The van der Waals surface area contributed by atoms with Gasteiger partial charge in [0.1, 0.15) is 0 Å². The molecular weight excluding hydrogens is 526 g/mol. The van der Waals surface area contributed by atoms with Crippen LogP contribution in [0.3, 0.4) is 0 Å². The minimum absolute atomic E-state index is 0.0233. The SMILES string of the molecule is C=C(O)CCc1cccc(NC(=O)[C@H](c2ccc(Cn3cc(C(F)(F)F)ccc3=O)cc2)[C@@H](C)C(F)(F)F)c1. The predicted octanol–water partition coefficient (Wildman–Crippen LogP) is 6.84. The molecule has 0 fully saturated rings. The molecule has 0 bridgehead atoms. The van der Waals surface area contributed by atoms with Crippen molar-refractivity contribution in [2.45, 2.75) is 44.6 Å². The van der Waals surface area contributed by atoms with Gasteiger partial charge in [-0.3, -0.25) is 9.59 Å². The number of pyridine rings is 1. The van der Waals surface area contributed by atoms with Crippen LogP contribution in [0.1, 0.15) is 41.5 Å². The van der Waals surface area contributed by atoms with E-state index in [1.807, 2.05) is 0 Å². The van der Waals surface area contributed by atoms with Crippen LogP contribution in [-0.4, -0.2) is 21.8 Å². The van der Waals surface area contributed by atoms with Gasteiger partial charge in [-0.2, -0.15) is 26.3 Å². The zero-order valence-corrected chi connectivity index (χ0v) is 20.8. The molecule has 0 aliphatic rings. The van der Waals surface area contributed by atoms with Crippen molar-refractivity contribution in [2.24, 2.45) is 5.92 Å². The molecule has 11 heteroatoms. The molecule has 3 aromatic rings. The van der Waals surface area contributed by atoms with Crippen molar-refractivity contribution in [2.75, 3.05) is 5.32 Å². The van der Waals surface area contributed by atoms with Crippen molar-refractivity contribution in [3.05, 3.63) is 112 Å². The maximum Gasteiger partial charge on any atom is 0.417 e. The lowest BCUT2D eigenvalue weighted by molar-refractivity contribution is -0.178. The van der Waals surface area contributed by atoms with Crippen molar-refractivity contribution in [1.29, 1.82) is 0 Å². The Morgan fingerprint density at radius 2 is 1.67 bits per heavy atom. The third kappa shape index (κ3) is 7.98. The summed E-state index contributed by atoms with van der Waals surface area (Å²) < 4.78 is 81.1. The van der Waals surface area contributed by atoms with Gasteiger partial charge in [-0.05, 0) is 41.3 Å². The van der Waals surface area contributed by atoms with Gasteiger partial charge >= 0.3 is 12.4 Å². The number of aromatic nitrogens is 1.